The number of nitro groups is 1. The van der Waals surface area contributed by atoms with Crippen LogP contribution in [0.5, 0.6) is 0 Å². The van der Waals surface area contributed by atoms with Gasteiger partial charge < -0.3 is 9.67 Å². The molecule has 1 heterocycles. The summed E-state index contributed by atoms with van der Waals surface area (Å²) in [5.74, 6) is -0.987. The maximum atomic E-state index is 11.2. The van der Waals surface area contributed by atoms with Crippen molar-refractivity contribution in [2.75, 3.05) is 0 Å². The van der Waals surface area contributed by atoms with E-state index in [2.05, 4.69) is 0 Å². The maximum absolute atomic E-state index is 11.2. The molecule has 0 aliphatic carbocycles. The van der Waals surface area contributed by atoms with Crippen LogP contribution in [0.4, 0.5) is 5.69 Å². The van der Waals surface area contributed by atoms with E-state index in [0.29, 0.717) is 12.1 Å². The molecular weight excluding hydrogens is 272 g/mol. The van der Waals surface area contributed by atoms with Gasteiger partial charge in [-0.15, -0.1) is 0 Å². The predicted molar refractivity (Wildman–Crippen MR) is 78.6 cm³/mol. The van der Waals surface area contributed by atoms with E-state index in [1.807, 2.05) is 6.92 Å². The van der Waals surface area contributed by atoms with Crippen LogP contribution >= 0.6 is 0 Å². The van der Waals surface area contributed by atoms with Crippen LogP contribution in [0, 0.1) is 24.0 Å². The molecule has 110 valence electrons. The quantitative estimate of drug-likeness (QED) is 0.690. The fourth-order valence-corrected chi connectivity index (χ4v) is 2.50. The molecular formula is C15H16N2O4. The molecule has 2 rings (SSSR count). The molecule has 0 spiro atoms. The summed E-state index contributed by atoms with van der Waals surface area (Å²) in [5, 5.41) is 20.1. The molecule has 0 amide bonds. The second kappa shape index (κ2) is 5.40. The number of aryl methyl sites for hydroxylation is 2. The number of carbonyl (C=O) groups is 1. The number of benzene rings is 1. The van der Waals surface area contributed by atoms with Gasteiger partial charge in [0.1, 0.15) is 5.69 Å². The molecule has 0 atom stereocenters. The molecule has 0 aliphatic rings. The zero-order valence-corrected chi connectivity index (χ0v) is 12.1. The summed E-state index contributed by atoms with van der Waals surface area (Å²) in [4.78, 5) is 21.8. The average molecular weight is 288 g/mol. The van der Waals surface area contributed by atoms with Gasteiger partial charge in [-0.05, 0) is 44.5 Å². The standard InChI is InChI=1S/C15H16N2O4/c1-4-16-12(5-6-13(16)15(18)19)11-7-10(3)14(17(20)21)8-9(11)2/h5-8H,4H2,1-3H3,(H,18,19). The van der Waals surface area contributed by atoms with Crippen molar-refractivity contribution in [3.05, 3.63) is 51.2 Å². The third kappa shape index (κ3) is 2.52. The van der Waals surface area contributed by atoms with Crippen LogP contribution in [0.1, 0.15) is 28.5 Å². The number of hydrogen-bond acceptors (Lipinski definition) is 3. The second-order valence-electron chi connectivity index (χ2n) is 4.86. The normalized spacial score (nSPS) is 10.6. The number of carboxylic acids is 1. The molecule has 1 aromatic carbocycles. The van der Waals surface area contributed by atoms with E-state index in [9.17, 15) is 20.0 Å². The van der Waals surface area contributed by atoms with Gasteiger partial charge in [0, 0.05) is 29.4 Å². The number of aromatic nitrogens is 1. The zero-order valence-electron chi connectivity index (χ0n) is 12.1. The predicted octanol–water partition coefficient (Wildman–Crippen LogP) is 3.40. The van der Waals surface area contributed by atoms with Gasteiger partial charge in [-0.3, -0.25) is 10.1 Å². The van der Waals surface area contributed by atoms with Crippen LogP contribution in [-0.4, -0.2) is 20.6 Å². The smallest absolute Gasteiger partial charge is 0.352 e. The fraction of sp³-hybridized carbons (Fsp3) is 0.267. The van der Waals surface area contributed by atoms with Crippen molar-refractivity contribution in [3.63, 3.8) is 0 Å². The van der Waals surface area contributed by atoms with E-state index in [1.54, 1.807) is 36.6 Å². The van der Waals surface area contributed by atoms with Crippen molar-refractivity contribution >= 4 is 11.7 Å². The van der Waals surface area contributed by atoms with E-state index in [0.717, 1.165) is 16.8 Å². The zero-order chi connectivity index (χ0) is 15.7. The van der Waals surface area contributed by atoms with Gasteiger partial charge in [-0.1, -0.05) is 0 Å². The van der Waals surface area contributed by atoms with Crippen LogP contribution in [0.3, 0.4) is 0 Å². The second-order valence-corrected chi connectivity index (χ2v) is 4.86. The number of rotatable bonds is 4. The first-order chi connectivity index (χ1) is 9.86. The summed E-state index contributed by atoms with van der Waals surface area (Å²) in [6, 6.07) is 6.55. The third-order valence-electron chi connectivity index (χ3n) is 3.53. The van der Waals surface area contributed by atoms with Crippen molar-refractivity contribution in [2.24, 2.45) is 0 Å². The molecule has 2 aromatic rings. The number of nitrogens with zero attached hydrogens (tertiary/aromatic N) is 2. The highest BCUT2D eigenvalue weighted by molar-refractivity contribution is 5.88. The van der Waals surface area contributed by atoms with Gasteiger partial charge in [-0.2, -0.15) is 0 Å². The Morgan fingerprint density at radius 3 is 2.48 bits per heavy atom. The first-order valence-corrected chi connectivity index (χ1v) is 6.55. The molecule has 1 N–H and O–H groups in total. The highest BCUT2D eigenvalue weighted by Gasteiger charge is 2.18. The Morgan fingerprint density at radius 1 is 1.29 bits per heavy atom. The van der Waals surface area contributed by atoms with Gasteiger partial charge in [0.15, 0.2) is 0 Å². The molecule has 6 heteroatoms. The average Bonchev–Trinajstić information content (AvgIpc) is 2.84. The van der Waals surface area contributed by atoms with Crippen molar-refractivity contribution in [1.29, 1.82) is 0 Å². The summed E-state index contributed by atoms with van der Waals surface area (Å²) in [6.07, 6.45) is 0. The summed E-state index contributed by atoms with van der Waals surface area (Å²) in [5.41, 5.74) is 3.16. The van der Waals surface area contributed by atoms with E-state index in [1.165, 1.54) is 6.07 Å². The lowest BCUT2D eigenvalue weighted by molar-refractivity contribution is -0.385. The van der Waals surface area contributed by atoms with Gasteiger partial charge in [-0.25, -0.2) is 4.79 Å². The lowest BCUT2D eigenvalue weighted by Crippen LogP contribution is -2.08. The summed E-state index contributed by atoms with van der Waals surface area (Å²) < 4.78 is 1.69. The molecule has 0 saturated heterocycles. The first-order valence-electron chi connectivity index (χ1n) is 6.55. The molecule has 0 aliphatic heterocycles. The monoisotopic (exact) mass is 288 g/mol. The first kappa shape index (κ1) is 14.8. The fourth-order valence-electron chi connectivity index (χ4n) is 2.50. The Kier molecular flexibility index (Phi) is 3.80. The topological polar surface area (TPSA) is 85.4 Å². The van der Waals surface area contributed by atoms with Crippen molar-refractivity contribution in [3.8, 4) is 11.3 Å². The van der Waals surface area contributed by atoms with E-state index < -0.39 is 10.9 Å². The molecule has 21 heavy (non-hydrogen) atoms. The number of carboxylic acid groups (broad SMARTS) is 1. The minimum Gasteiger partial charge on any atom is -0.477 e. The molecule has 0 saturated carbocycles. The van der Waals surface area contributed by atoms with Gasteiger partial charge in [0.2, 0.25) is 0 Å². The van der Waals surface area contributed by atoms with Gasteiger partial charge >= 0.3 is 5.97 Å². The molecule has 0 radical (unpaired) electrons. The van der Waals surface area contributed by atoms with Gasteiger partial charge in [0.05, 0.1) is 4.92 Å². The number of nitro benzene ring substituents is 1. The molecule has 0 unspecified atom stereocenters. The van der Waals surface area contributed by atoms with E-state index in [-0.39, 0.29) is 11.4 Å². The van der Waals surface area contributed by atoms with Crippen LogP contribution in [-0.2, 0) is 6.54 Å². The van der Waals surface area contributed by atoms with Crippen LogP contribution in [0.25, 0.3) is 11.3 Å². The Bertz CT molecular complexity index is 732. The highest BCUT2D eigenvalue weighted by Crippen LogP contribution is 2.31. The number of hydrogen-bond donors (Lipinski definition) is 1. The lowest BCUT2D eigenvalue weighted by Gasteiger charge is -2.12. The van der Waals surface area contributed by atoms with Gasteiger partial charge in [0.25, 0.3) is 5.69 Å². The van der Waals surface area contributed by atoms with Crippen molar-refractivity contribution in [2.45, 2.75) is 27.3 Å². The lowest BCUT2D eigenvalue weighted by atomic mass is 10.0. The largest absolute Gasteiger partial charge is 0.477 e. The Labute approximate surface area is 121 Å². The van der Waals surface area contributed by atoms with E-state index >= 15 is 0 Å². The Morgan fingerprint density at radius 2 is 1.95 bits per heavy atom. The molecule has 1 aromatic heterocycles. The molecule has 6 nitrogen and oxygen atoms in total. The summed E-state index contributed by atoms with van der Waals surface area (Å²) in [6.45, 7) is 5.84. The van der Waals surface area contributed by atoms with Crippen LogP contribution in [0.2, 0.25) is 0 Å². The third-order valence-corrected chi connectivity index (χ3v) is 3.53. The van der Waals surface area contributed by atoms with E-state index in [4.69, 9.17) is 0 Å². The molecule has 0 bridgehead atoms. The molecule has 0 fully saturated rings. The summed E-state index contributed by atoms with van der Waals surface area (Å²) >= 11 is 0. The van der Waals surface area contributed by atoms with Crippen LogP contribution < -0.4 is 0 Å². The SMILES string of the molecule is CCn1c(C(=O)O)ccc1-c1cc(C)c([N+](=O)[O-])cc1C. The minimum absolute atomic E-state index is 0.0734. The van der Waals surface area contributed by atoms with Crippen LogP contribution in [0.15, 0.2) is 24.3 Å². The number of aromatic carboxylic acids is 1. The highest BCUT2D eigenvalue weighted by atomic mass is 16.6. The maximum Gasteiger partial charge on any atom is 0.352 e. The van der Waals surface area contributed by atoms with Crippen molar-refractivity contribution in [1.82, 2.24) is 4.57 Å². The Balaban J connectivity index is 2.65. The minimum atomic E-state index is -0.987. The van der Waals surface area contributed by atoms with Crippen molar-refractivity contribution < 1.29 is 14.8 Å². The summed E-state index contributed by atoms with van der Waals surface area (Å²) in [7, 11) is 0. The Hall–Kier alpha value is -2.63.